The summed E-state index contributed by atoms with van der Waals surface area (Å²) in [6, 6.07) is 11.0. The zero-order chi connectivity index (χ0) is 21.6. The Morgan fingerprint density at radius 2 is 1.93 bits per heavy atom. The molecule has 1 amide bonds. The van der Waals surface area contributed by atoms with Gasteiger partial charge in [0.2, 0.25) is 0 Å². The molecule has 0 aliphatic carbocycles. The van der Waals surface area contributed by atoms with Crippen molar-refractivity contribution in [3.05, 3.63) is 57.6 Å². The number of rotatable bonds is 7. The van der Waals surface area contributed by atoms with Gasteiger partial charge in [-0.25, -0.2) is 4.79 Å². The average Bonchev–Trinajstić information content (AvgIpc) is 2.68. The number of ether oxygens (including phenoxy) is 2. The molecule has 29 heavy (non-hydrogen) atoms. The van der Waals surface area contributed by atoms with E-state index >= 15 is 0 Å². The summed E-state index contributed by atoms with van der Waals surface area (Å²) < 4.78 is 10.5. The molecule has 7 nitrogen and oxygen atoms in total. The van der Waals surface area contributed by atoms with Crippen molar-refractivity contribution in [3.8, 4) is 17.6 Å². The molecule has 0 aliphatic rings. The maximum atomic E-state index is 12.4. The lowest BCUT2D eigenvalue weighted by Gasteiger charge is -2.14. The van der Waals surface area contributed by atoms with E-state index in [0.29, 0.717) is 16.3 Å². The van der Waals surface area contributed by atoms with E-state index in [9.17, 15) is 14.9 Å². The number of halogens is 2. The Hall–Kier alpha value is -3.21. The van der Waals surface area contributed by atoms with Gasteiger partial charge in [0.05, 0.1) is 17.8 Å². The average molecular weight is 435 g/mol. The molecule has 0 saturated heterocycles. The lowest BCUT2D eigenvalue weighted by atomic mass is 10.1. The van der Waals surface area contributed by atoms with Crippen LogP contribution >= 0.6 is 23.2 Å². The van der Waals surface area contributed by atoms with Gasteiger partial charge in [-0.05, 0) is 48.9 Å². The summed E-state index contributed by atoms with van der Waals surface area (Å²) in [6.07, 6.45) is 0.279. The number of hydrogen-bond acceptors (Lipinski definition) is 5. The Morgan fingerprint density at radius 1 is 1.21 bits per heavy atom. The minimum Gasteiger partial charge on any atom is -0.493 e. The van der Waals surface area contributed by atoms with Crippen molar-refractivity contribution >= 4 is 46.8 Å². The highest BCUT2D eigenvalue weighted by molar-refractivity contribution is 6.36. The molecule has 0 bridgehead atoms. The SMILES string of the molecule is COc1cc(/C=C(/C#N)C(=O)Nc2ccc(Cl)cc2Cl)ccc1O[C@H](C)C(=O)O. The van der Waals surface area contributed by atoms with Crippen molar-refractivity contribution in [1.82, 2.24) is 0 Å². The molecule has 2 aromatic rings. The molecule has 2 rings (SSSR count). The van der Waals surface area contributed by atoms with Crippen LogP contribution in [-0.2, 0) is 9.59 Å². The number of benzene rings is 2. The van der Waals surface area contributed by atoms with E-state index in [-0.39, 0.29) is 22.1 Å². The van der Waals surface area contributed by atoms with Crippen LogP contribution < -0.4 is 14.8 Å². The predicted molar refractivity (Wildman–Crippen MR) is 109 cm³/mol. The molecule has 2 aromatic carbocycles. The summed E-state index contributed by atoms with van der Waals surface area (Å²) in [5, 5.41) is 21.5. The van der Waals surface area contributed by atoms with Crippen molar-refractivity contribution < 1.29 is 24.2 Å². The Bertz CT molecular complexity index is 1010. The lowest BCUT2D eigenvalue weighted by Crippen LogP contribution is -2.23. The van der Waals surface area contributed by atoms with Gasteiger partial charge in [-0.15, -0.1) is 0 Å². The standard InChI is InChI=1S/C20H16Cl2N2O5/c1-11(20(26)27)29-17-6-3-12(8-18(17)28-2)7-13(10-23)19(25)24-16-5-4-14(21)9-15(16)22/h3-9,11H,1-2H3,(H,24,25)(H,26,27)/b13-7-/t11-/m1/s1. The van der Waals surface area contributed by atoms with Gasteiger partial charge in [0.25, 0.3) is 5.91 Å². The molecule has 0 spiro atoms. The number of hydrogen-bond donors (Lipinski definition) is 2. The van der Waals surface area contributed by atoms with Crippen LogP contribution in [0.2, 0.25) is 10.0 Å². The van der Waals surface area contributed by atoms with E-state index in [4.69, 9.17) is 37.8 Å². The first-order valence-corrected chi connectivity index (χ1v) is 8.96. The van der Waals surface area contributed by atoms with Gasteiger partial charge in [-0.1, -0.05) is 29.3 Å². The molecular weight excluding hydrogens is 419 g/mol. The quantitative estimate of drug-likeness (QED) is 0.493. The molecular formula is C20H16Cl2N2O5. The minimum absolute atomic E-state index is 0.175. The fourth-order valence-electron chi connectivity index (χ4n) is 2.21. The molecule has 0 aliphatic heterocycles. The number of anilines is 1. The van der Waals surface area contributed by atoms with Crippen LogP contribution in [0, 0.1) is 11.3 Å². The largest absolute Gasteiger partial charge is 0.493 e. The summed E-state index contributed by atoms with van der Waals surface area (Å²) in [7, 11) is 1.39. The van der Waals surface area contributed by atoms with Gasteiger partial charge in [-0.2, -0.15) is 5.26 Å². The lowest BCUT2D eigenvalue weighted by molar-refractivity contribution is -0.144. The summed E-state index contributed by atoms with van der Waals surface area (Å²) in [5.41, 5.74) is 0.614. The van der Waals surface area contributed by atoms with Crippen LogP contribution in [0.4, 0.5) is 5.69 Å². The molecule has 0 aromatic heterocycles. The topological polar surface area (TPSA) is 109 Å². The third-order valence-corrected chi connectivity index (χ3v) is 4.24. The number of carboxylic acid groups (broad SMARTS) is 1. The summed E-state index contributed by atoms with van der Waals surface area (Å²) in [5.74, 6) is -1.31. The fourth-order valence-corrected chi connectivity index (χ4v) is 2.66. The molecule has 1 atom stereocenters. The van der Waals surface area contributed by atoms with Gasteiger partial charge in [-0.3, -0.25) is 4.79 Å². The number of carboxylic acids is 1. The second kappa shape index (κ2) is 9.82. The van der Waals surface area contributed by atoms with Crippen molar-refractivity contribution in [2.45, 2.75) is 13.0 Å². The van der Waals surface area contributed by atoms with E-state index in [2.05, 4.69) is 5.32 Å². The molecule has 0 radical (unpaired) electrons. The highest BCUT2D eigenvalue weighted by Crippen LogP contribution is 2.30. The van der Waals surface area contributed by atoms with Crippen molar-refractivity contribution in [2.75, 3.05) is 12.4 Å². The molecule has 2 N–H and O–H groups in total. The first kappa shape index (κ1) is 22.1. The first-order valence-electron chi connectivity index (χ1n) is 8.21. The molecule has 0 heterocycles. The van der Waals surface area contributed by atoms with E-state index in [1.54, 1.807) is 12.1 Å². The molecule has 0 saturated carbocycles. The first-order chi connectivity index (χ1) is 13.7. The van der Waals surface area contributed by atoms with Gasteiger partial charge in [0.1, 0.15) is 11.6 Å². The summed E-state index contributed by atoms with van der Waals surface area (Å²) >= 11 is 11.9. The van der Waals surface area contributed by atoms with Gasteiger partial charge in [0.15, 0.2) is 17.6 Å². The van der Waals surface area contributed by atoms with Crippen LogP contribution in [0.3, 0.4) is 0 Å². The Morgan fingerprint density at radius 3 is 2.52 bits per heavy atom. The van der Waals surface area contributed by atoms with E-state index in [1.165, 1.54) is 44.4 Å². The fraction of sp³-hybridized carbons (Fsp3) is 0.150. The van der Waals surface area contributed by atoms with Crippen LogP contribution in [0.1, 0.15) is 12.5 Å². The maximum absolute atomic E-state index is 12.4. The number of nitrogens with zero attached hydrogens (tertiary/aromatic N) is 1. The Labute approximate surface area is 177 Å². The molecule has 9 heteroatoms. The van der Waals surface area contributed by atoms with Crippen molar-refractivity contribution in [1.29, 1.82) is 5.26 Å². The predicted octanol–water partition coefficient (Wildman–Crippen LogP) is 4.40. The van der Waals surface area contributed by atoms with Crippen LogP contribution in [0.25, 0.3) is 6.08 Å². The molecule has 150 valence electrons. The number of carbonyl (C=O) groups is 2. The number of methoxy groups -OCH3 is 1. The number of nitrogens with one attached hydrogen (secondary N) is 1. The van der Waals surface area contributed by atoms with E-state index in [1.807, 2.05) is 6.07 Å². The van der Waals surface area contributed by atoms with Crippen molar-refractivity contribution in [2.24, 2.45) is 0 Å². The van der Waals surface area contributed by atoms with Crippen LogP contribution in [0.5, 0.6) is 11.5 Å². The highest BCUT2D eigenvalue weighted by Gasteiger charge is 2.16. The molecule has 0 fully saturated rings. The third-order valence-electron chi connectivity index (χ3n) is 3.69. The summed E-state index contributed by atoms with van der Waals surface area (Å²) in [6.45, 7) is 1.38. The monoisotopic (exact) mass is 434 g/mol. The van der Waals surface area contributed by atoms with Gasteiger partial charge >= 0.3 is 5.97 Å². The van der Waals surface area contributed by atoms with Crippen molar-refractivity contribution in [3.63, 3.8) is 0 Å². The second-order valence-corrected chi connectivity index (χ2v) is 6.60. The number of carbonyl (C=O) groups excluding carboxylic acids is 1. The number of amides is 1. The zero-order valence-corrected chi connectivity index (χ0v) is 16.9. The number of aliphatic carboxylic acids is 1. The normalized spacial score (nSPS) is 11.9. The Kier molecular flexibility index (Phi) is 7.48. The second-order valence-electron chi connectivity index (χ2n) is 5.76. The summed E-state index contributed by atoms with van der Waals surface area (Å²) in [4.78, 5) is 23.4. The van der Waals surface area contributed by atoms with Crippen LogP contribution in [-0.4, -0.2) is 30.2 Å². The van der Waals surface area contributed by atoms with Gasteiger partial charge < -0.3 is 19.9 Å². The van der Waals surface area contributed by atoms with E-state index < -0.39 is 18.0 Å². The zero-order valence-electron chi connectivity index (χ0n) is 15.4. The third kappa shape index (κ3) is 5.88. The van der Waals surface area contributed by atoms with Gasteiger partial charge in [0, 0.05) is 5.02 Å². The number of nitriles is 1. The highest BCUT2D eigenvalue weighted by atomic mass is 35.5. The Balaban J connectivity index is 2.26. The maximum Gasteiger partial charge on any atom is 0.344 e. The van der Waals surface area contributed by atoms with Crippen LogP contribution in [0.15, 0.2) is 42.0 Å². The molecule has 0 unspecified atom stereocenters. The smallest absolute Gasteiger partial charge is 0.344 e. The minimum atomic E-state index is -1.12. The van der Waals surface area contributed by atoms with E-state index in [0.717, 1.165) is 0 Å².